The Kier molecular flexibility index (Phi) is 4.21. The summed E-state index contributed by atoms with van der Waals surface area (Å²) >= 11 is 0. The predicted molar refractivity (Wildman–Crippen MR) is 71.2 cm³/mol. The number of para-hydroxylation sites is 1. The summed E-state index contributed by atoms with van der Waals surface area (Å²) in [5.41, 5.74) is -0.476. The maximum Gasteiger partial charge on any atom is 0.433 e. The maximum absolute atomic E-state index is 12.5. The molecule has 1 heterocycles. The molecular weight excluding hydrogens is 285 g/mol. The number of hydrogen-bond donors (Lipinski definition) is 2. The van der Waals surface area contributed by atoms with Crippen LogP contribution in [0.25, 0.3) is 0 Å². The Hall–Kier alpha value is -2.44. The number of methoxy groups -OCH3 is 1. The number of rotatable bonds is 4. The van der Waals surface area contributed by atoms with Crippen molar-refractivity contribution in [2.24, 2.45) is 0 Å². The van der Waals surface area contributed by atoms with E-state index in [0.717, 1.165) is 6.07 Å². The Morgan fingerprint density at radius 2 is 1.90 bits per heavy atom. The maximum atomic E-state index is 12.5. The van der Waals surface area contributed by atoms with Crippen LogP contribution in [0.1, 0.15) is 11.3 Å². The van der Waals surface area contributed by atoms with Crippen LogP contribution < -0.4 is 10.1 Å². The van der Waals surface area contributed by atoms with Crippen LogP contribution in [0, 0.1) is 0 Å². The van der Waals surface area contributed by atoms with Gasteiger partial charge in [-0.25, -0.2) is 4.98 Å². The summed E-state index contributed by atoms with van der Waals surface area (Å²) in [7, 11) is 1.42. The van der Waals surface area contributed by atoms with Gasteiger partial charge >= 0.3 is 6.18 Å². The molecule has 2 N–H and O–H groups in total. The summed E-state index contributed by atoms with van der Waals surface area (Å²) in [5, 5.41) is 12.6. The molecule has 2 aromatic rings. The van der Waals surface area contributed by atoms with Crippen molar-refractivity contribution in [1.82, 2.24) is 4.98 Å². The van der Waals surface area contributed by atoms with E-state index in [2.05, 4.69) is 10.3 Å². The summed E-state index contributed by atoms with van der Waals surface area (Å²) in [6, 6.07) is 8.49. The monoisotopic (exact) mass is 298 g/mol. The van der Waals surface area contributed by atoms with Crippen molar-refractivity contribution in [2.75, 3.05) is 12.4 Å². The number of nitrogens with zero attached hydrogens (tertiary/aromatic N) is 1. The molecule has 0 bridgehead atoms. The third-order valence-electron chi connectivity index (χ3n) is 2.80. The molecule has 1 aromatic heterocycles. The molecule has 0 aliphatic heterocycles. The molecule has 21 heavy (non-hydrogen) atoms. The van der Waals surface area contributed by atoms with Crippen LogP contribution in [0.5, 0.6) is 11.5 Å². The molecule has 1 aromatic carbocycles. The zero-order valence-electron chi connectivity index (χ0n) is 11.1. The summed E-state index contributed by atoms with van der Waals surface area (Å²) in [4.78, 5) is 3.48. The summed E-state index contributed by atoms with van der Waals surface area (Å²) < 4.78 is 42.6. The minimum atomic E-state index is -4.49. The molecule has 0 aliphatic carbocycles. The lowest BCUT2D eigenvalue weighted by Crippen LogP contribution is -2.10. The number of phenolic OH excluding ortho intramolecular Hbond substituents is 1. The van der Waals surface area contributed by atoms with Gasteiger partial charge in [-0.05, 0) is 18.2 Å². The van der Waals surface area contributed by atoms with Gasteiger partial charge in [0.1, 0.15) is 11.5 Å². The van der Waals surface area contributed by atoms with E-state index in [1.54, 1.807) is 18.2 Å². The van der Waals surface area contributed by atoms with Crippen molar-refractivity contribution in [1.29, 1.82) is 0 Å². The van der Waals surface area contributed by atoms with E-state index in [0.29, 0.717) is 11.3 Å². The third kappa shape index (κ3) is 3.56. The second kappa shape index (κ2) is 5.90. The Balaban J connectivity index is 2.14. The van der Waals surface area contributed by atoms with Gasteiger partial charge in [0.2, 0.25) is 0 Å². The molecule has 0 aliphatic rings. The fourth-order valence-electron chi connectivity index (χ4n) is 1.75. The van der Waals surface area contributed by atoms with E-state index in [4.69, 9.17) is 4.74 Å². The highest BCUT2D eigenvalue weighted by atomic mass is 19.4. The largest absolute Gasteiger partial charge is 0.504 e. The van der Waals surface area contributed by atoms with E-state index < -0.39 is 11.9 Å². The summed E-state index contributed by atoms with van der Waals surface area (Å²) in [6.07, 6.45) is -4.49. The van der Waals surface area contributed by atoms with Crippen LogP contribution >= 0.6 is 0 Å². The fraction of sp³-hybridized carbons (Fsp3) is 0.214. The van der Waals surface area contributed by atoms with Gasteiger partial charge in [-0.2, -0.15) is 13.2 Å². The number of anilines is 1. The third-order valence-corrected chi connectivity index (χ3v) is 2.80. The SMILES string of the molecule is COc1cccc(CNc2cccc(C(F)(F)F)n2)c1O. The van der Waals surface area contributed by atoms with Crippen LogP contribution in [0.2, 0.25) is 0 Å². The van der Waals surface area contributed by atoms with Crippen molar-refractivity contribution in [3.8, 4) is 11.5 Å². The van der Waals surface area contributed by atoms with Crippen LogP contribution in [0.4, 0.5) is 19.0 Å². The van der Waals surface area contributed by atoms with Gasteiger partial charge in [0.25, 0.3) is 0 Å². The van der Waals surface area contributed by atoms with E-state index in [1.807, 2.05) is 0 Å². The number of benzene rings is 1. The van der Waals surface area contributed by atoms with Crippen molar-refractivity contribution in [3.05, 3.63) is 47.7 Å². The molecule has 2 rings (SSSR count). The molecule has 0 radical (unpaired) electrons. The first-order valence-electron chi connectivity index (χ1n) is 6.05. The number of phenols is 1. The van der Waals surface area contributed by atoms with E-state index in [-0.39, 0.29) is 18.1 Å². The Labute approximate surface area is 119 Å². The normalized spacial score (nSPS) is 11.2. The Bertz CT molecular complexity index is 630. The molecule has 0 saturated carbocycles. The van der Waals surface area contributed by atoms with Gasteiger partial charge in [-0.3, -0.25) is 0 Å². The Morgan fingerprint density at radius 1 is 1.19 bits per heavy atom. The van der Waals surface area contributed by atoms with Crippen molar-refractivity contribution in [2.45, 2.75) is 12.7 Å². The number of aromatic hydroxyl groups is 1. The lowest BCUT2D eigenvalue weighted by Gasteiger charge is -2.11. The van der Waals surface area contributed by atoms with Crippen LogP contribution in [-0.2, 0) is 12.7 Å². The van der Waals surface area contributed by atoms with E-state index in [1.165, 1.54) is 19.2 Å². The minimum Gasteiger partial charge on any atom is -0.504 e. The number of halogens is 3. The number of aromatic nitrogens is 1. The lowest BCUT2D eigenvalue weighted by molar-refractivity contribution is -0.141. The molecule has 0 fully saturated rings. The smallest absolute Gasteiger partial charge is 0.433 e. The predicted octanol–water partition coefficient (Wildman–Crippen LogP) is 3.43. The highest BCUT2D eigenvalue weighted by molar-refractivity contribution is 5.47. The van der Waals surface area contributed by atoms with Gasteiger partial charge in [-0.1, -0.05) is 18.2 Å². The number of pyridine rings is 1. The van der Waals surface area contributed by atoms with E-state index >= 15 is 0 Å². The first-order chi connectivity index (χ1) is 9.91. The van der Waals surface area contributed by atoms with Crippen molar-refractivity contribution < 1.29 is 23.0 Å². The van der Waals surface area contributed by atoms with Crippen LogP contribution in [0.3, 0.4) is 0 Å². The van der Waals surface area contributed by atoms with Crippen LogP contribution in [0.15, 0.2) is 36.4 Å². The van der Waals surface area contributed by atoms with E-state index in [9.17, 15) is 18.3 Å². The average molecular weight is 298 g/mol. The first kappa shape index (κ1) is 15.0. The van der Waals surface area contributed by atoms with Crippen LogP contribution in [-0.4, -0.2) is 17.2 Å². The molecular formula is C14H13F3N2O2. The van der Waals surface area contributed by atoms with Gasteiger partial charge < -0.3 is 15.2 Å². The standard InChI is InChI=1S/C14H13F3N2O2/c1-21-10-5-2-4-9(13(10)20)8-18-12-7-3-6-11(19-12)14(15,16)17/h2-7,20H,8H2,1H3,(H,18,19). The molecule has 0 spiro atoms. The number of alkyl halides is 3. The highest BCUT2D eigenvalue weighted by Crippen LogP contribution is 2.30. The Morgan fingerprint density at radius 3 is 2.57 bits per heavy atom. The molecule has 0 saturated heterocycles. The number of ether oxygens (including phenoxy) is 1. The van der Waals surface area contributed by atoms with Gasteiger partial charge in [0.05, 0.1) is 7.11 Å². The number of nitrogens with one attached hydrogen (secondary N) is 1. The molecule has 0 unspecified atom stereocenters. The minimum absolute atomic E-state index is 0.0560. The molecule has 0 atom stereocenters. The molecule has 0 amide bonds. The van der Waals surface area contributed by atoms with Crippen molar-refractivity contribution >= 4 is 5.82 Å². The number of hydrogen-bond acceptors (Lipinski definition) is 4. The zero-order valence-corrected chi connectivity index (χ0v) is 11.1. The zero-order chi connectivity index (χ0) is 15.5. The molecule has 7 heteroatoms. The van der Waals surface area contributed by atoms with Gasteiger partial charge in [-0.15, -0.1) is 0 Å². The van der Waals surface area contributed by atoms with Crippen molar-refractivity contribution in [3.63, 3.8) is 0 Å². The summed E-state index contributed by atoms with van der Waals surface area (Å²) in [6.45, 7) is 0.122. The topological polar surface area (TPSA) is 54.4 Å². The quantitative estimate of drug-likeness (QED) is 0.908. The molecule has 112 valence electrons. The second-order valence-corrected chi connectivity index (χ2v) is 4.23. The highest BCUT2D eigenvalue weighted by Gasteiger charge is 2.32. The van der Waals surface area contributed by atoms with Gasteiger partial charge in [0, 0.05) is 12.1 Å². The fourth-order valence-corrected chi connectivity index (χ4v) is 1.75. The average Bonchev–Trinajstić information content (AvgIpc) is 2.45. The summed E-state index contributed by atoms with van der Waals surface area (Å²) in [5.74, 6) is 0.317. The molecule has 4 nitrogen and oxygen atoms in total. The lowest BCUT2D eigenvalue weighted by atomic mass is 10.2. The van der Waals surface area contributed by atoms with Gasteiger partial charge in [0.15, 0.2) is 11.5 Å². The first-order valence-corrected chi connectivity index (χ1v) is 6.05. The second-order valence-electron chi connectivity index (χ2n) is 4.23.